The fourth-order valence-electron chi connectivity index (χ4n) is 1.50. The number of benzene rings is 1. The number of ether oxygens (including phenoxy) is 1. The lowest BCUT2D eigenvalue weighted by Gasteiger charge is -2.16. The van der Waals surface area contributed by atoms with Crippen LogP contribution in [0.2, 0.25) is 10.0 Å². The zero-order chi connectivity index (χ0) is 12.5. The second-order valence-electron chi connectivity index (χ2n) is 3.63. The molecule has 1 aromatic carbocycles. The van der Waals surface area contributed by atoms with Crippen LogP contribution < -0.4 is 16.4 Å². The summed E-state index contributed by atoms with van der Waals surface area (Å²) in [6.45, 7) is 0.222. The molecule has 0 saturated heterocycles. The van der Waals surface area contributed by atoms with Crippen LogP contribution in [-0.2, 0) is 4.74 Å². The SMILES string of the molecule is NC1(COCCO)N=c2cc(Cl)c(Cl)cc2=N1. The van der Waals surface area contributed by atoms with Gasteiger partial charge in [0.05, 0.1) is 34.0 Å². The lowest BCUT2D eigenvalue weighted by molar-refractivity contribution is 0.0611. The minimum atomic E-state index is -1.16. The fraction of sp³-hybridized carbons (Fsp3) is 0.400. The van der Waals surface area contributed by atoms with Crippen LogP contribution in [0, 0.1) is 0 Å². The number of fused-ring (bicyclic) bond motifs is 1. The first-order valence-electron chi connectivity index (χ1n) is 4.96. The maximum absolute atomic E-state index is 8.61. The second kappa shape index (κ2) is 4.88. The van der Waals surface area contributed by atoms with Gasteiger partial charge in [0.1, 0.15) is 6.61 Å². The van der Waals surface area contributed by atoms with Gasteiger partial charge >= 0.3 is 0 Å². The lowest BCUT2D eigenvalue weighted by atomic mass is 10.3. The maximum Gasteiger partial charge on any atom is 0.227 e. The number of halogens is 2. The minimum absolute atomic E-state index is 0.0688. The Hall–Kier alpha value is -0.720. The third-order valence-corrected chi connectivity index (χ3v) is 2.92. The Morgan fingerprint density at radius 3 is 2.24 bits per heavy atom. The van der Waals surface area contributed by atoms with E-state index in [-0.39, 0.29) is 19.8 Å². The molecule has 0 bridgehead atoms. The highest BCUT2D eigenvalue weighted by Crippen LogP contribution is 2.18. The summed E-state index contributed by atoms with van der Waals surface area (Å²) in [5.41, 5.74) is 5.92. The summed E-state index contributed by atoms with van der Waals surface area (Å²) in [5, 5.41) is 10.6. The van der Waals surface area contributed by atoms with Crippen molar-refractivity contribution >= 4 is 23.2 Å². The molecule has 1 aliphatic heterocycles. The van der Waals surface area contributed by atoms with Crippen LogP contribution >= 0.6 is 23.2 Å². The molecule has 3 N–H and O–H groups in total. The van der Waals surface area contributed by atoms with Crippen molar-refractivity contribution in [3.8, 4) is 0 Å². The Bertz CT molecular complexity index is 506. The lowest BCUT2D eigenvalue weighted by Crippen LogP contribution is -2.40. The van der Waals surface area contributed by atoms with Crippen molar-refractivity contribution in [3.05, 3.63) is 32.9 Å². The molecule has 17 heavy (non-hydrogen) atoms. The van der Waals surface area contributed by atoms with Crippen molar-refractivity contribution < 1.29 is 9.84 Å². The Morgan fingerprint density at radius 2 is 1.76 bits per heavy atom. The van der Waals surface area contributed by atoms with Gasteiger partial charge in [0, 0.05) is 0 Å². The molecule has 7 heteroatoms. The number of aliphatic hydroxyl groups excluding tert-OH is 1. The molecule has 2 rings (SSSR count). The molecule has 0 unspecified atom stereocenters. The monoisotopic (exact) mass is 275 g/mol. The van der Waals surface area contributed by atoms with Crippen molar-refractivity contribution in [2.75, 3.05) is 19.8 Å². The predicted octanol–water partition coefficient (Wildman–Crippen LogP) is -0.132. The standard InChI is InChI=1S/C10H11Cl2N3O2/c11-6-3-8-9(4-7(6)12)15-10(13,14-8)5-17-2-1-16/h3-4,16H,1-2,5,13H2. The van der Waals surface area contributed by atoms with Gasteiger partial charge in [-0.2, -0.15) is 0 Å². The smallest absolute Gasteiger partial charge is 0.227 e. The molecule has 5 nitrogen and oxygen atoms in total. The summed E-state index contributed by atoms with van der Waals surface area (Å²) < 4.78 is 5.13. The first kappa shape index (κ1) is 12.7. The van der Waals surface area contributed by atoms with Crippen LogP contribution in [0.15, 0.2) is 22.1 Å². The van der Waals surface area contributed by atoms with Crippen LogP contribution in [0.5, 0.6) is 0 Å². The molecular formula is C10H11Cl2N3O2. The minimum Gasteiger partial charge on any atom is -0.394 e. The molecule has 92 valence electrons. The van der Waals surface area contributed by atoms with E-state index in [9.17, 15) is 0 Å². The number of hydrogen-bond donors (Lipinski definition) is 2. The Morgan fingerprint density at radius 1 is 1.24 bits per heavy atom. The van der Waals surface area contributed by atoms with Crippen LogP contribution in [-0.4, -0.2) is 30.7 Å². The molecule has 0 atom stereocenters. The van der Waals surface area contributed by atoms with E-state index in [2.05, 4.69) is 9.98 Å². The van der Waals surface area contributed by atoms with Gasteiger partial charge in [-0.3, -0.25) is 5.73 Å². The zero-order valence-corrected chi connectivity index (χ0v) is 10.4. The highest BCUT2D eigenvalue weighted by Gasteiger charge is 2.26. The summed E-state index contributed by atoms with van der Waals surface area (Å²) in [6, 6.07) is 3.23. The third kappa shape index (κ3) is 2.75. The predicted molar refractivity (Wildman–Crippen MR) is 63.6 cm³/mol. The molecule has 0 saturated carbocycles. The Balaban J connectivity index is 2.29. The van der Waals surface area contributed by atoms with E-state index in [1.165, 1.54) is 0 Å². The highest BCUT2D eigenvalue weighted by atomic mass is 35.5. The molecule has 0 spiro atoms. The number of aliphatic hydroxyl groups is 1. The number of rotatable bonds is 4. The van der Waals surface area contributed by atoms with Crippen LogP contribution in [0.25, 0.3) is 0 Å². The van der Waals surface area contributed by atoms with Crippen molar-refractivity contribution in [2.45, 2.75) is 5.79 Å². The van der Waals surface area contributed by atoms with Crippen molar-refractivity contribution in [1.82, 2.24) is 0 Å². The van der Waals surface area contributed by atoms with Gasteiger partial charge in [-0.15, -0.1) is 0 Å². The number of hydrogen-bond acceptors (Lipinski definition) is 5. The van der Waals surface area contributed by atoms with Crippen molar-refractivity contribution in [3.63, 3.8) is 0 Å². The van der Waals surface area contributed by atoms with Crippen LogP contribution in [0.4, 0.5) is 0 Å². The van der Waals surface area contributed by atoms with E-state index in [0.29, 0.717) is 20.8 Å². The fourth-order valence-corrected chi connectivity index (χ4v) is 1.81. The van der Waals surface area contributed by atoms with E-state index in [4.69, 9.17) is 38.8 Å². The van der Waals surface area contributed by atoms with Crippen LogP contribution in [0.1, 0.15) is 0 Å². The zero-order valence-electron chi connectivity index (χ0n) is 8.86. The molecule has 1 aliphatic rings. The maximum atomic E-state index is 8.61. The Kier molecular flexibility index (Phi) is 3.65. The molecule has 0 fully saturated rings. The average Bonchev–Trinajstić information content (AvgIpc) is 2.55. The second-order valence-corrected chi connectivity index (χ2v) is 4.45. The number of nitrogens with two attached hydrogens (primary N) is 1. The molecule has 1 aromatic rings. The molecular weight excluding hydrogens is 265 g/mol. The topological polar surface area (TPSA) is 80.2 Å². The summed E-state index contributed by atoms with van der Waals surface area (Å²) >= 11 is 11.7. The van der Waals surface area contributed by atoms with E-state index >= 15 is 0 Å². The van der Waals surface area contributed by atoms with E-state index in [1.807, 2.05) is 0 Å². The summed E-state index contributed by atoms with van der Waals surface area (Å²) in [6.07, 6.45) is 0. The molecule has 0 aromatic heterocycles. The van der Waals surface area contributed by atoms with Crippen LogP contribution in [0.3, 0.4) is 0 Å². The quantitative estimate of drug-likeness (QED) is 0.752. The van der Waals surface area contributed by atoms with Gasteiger partial charge in [0.2, 0.25) is 5.79 Å². The summed E-state index contributed by atoms with van der Waals surface area (Å²) in [5.74, 6) is -1.16. The van der Waals surface area contributed by atoms with E-state index < -0.39 is 5.79 Å². The van der Waals surface area contributed by atoms with Gasteiger partial charge in [-0.25, -0.2) is 9.98 Å². The Labute approximate surface area is 108 Å². The van der Waals surface area contributed by atoms with Gasteiger partial charge in [0.15, 0.2) is 0 Å². The van der Waals surface area contributed by atoms with Crippen molar-refractivity contribution in [1.29, 1.82) is 0 Å². The molecule has 0 amide bonds. The largest absolute Gasteiger partial charge is 0.394 e. The van der Waals surface area contributed by atoms with Gasteiger partial charge in [-0.1, -0.05) is 23.2 Å². The number of nitrogens with zero attached hydrogens (tertiary/aromatic N) is 2. The summed E-state index contributed by atoms with van der Waals surface area (Å²) in [4.78, 5) is 8.44. The normalized spacial score (nSPS) is 16.2. The third-order valence-electron chi connectivity index (χ3n) is 2.20. The molecule has 1 heterocycles. The summed E-state index contributed by atoms with van der Waals surface area (Å²) in [7, 11) is 0. The average molecular weight is 276 g/mol. The highest BCUT2D eigenvalue weighted by molar-refractivity contribution is 6.41. The van der Waals surface area contributed by atoms with Crippen molar-refractivity contribution in [2.24, 2.45) is 15.7 Å². The van der Waals surface area contributed by atoms with Gasteiger partial charge in [0.25, 0.3) is 0 Å². The molecule has 0 aliphatic carbocycles. The first-order valence-corrected chi connectivity index (χ1v) is 5.72. The van der Waals surface area contributed by atoms with Gasteiger partial charge in [-0.05, 0) is 12.1 Å². The van der Waals surface area contributed by atoms with Gasteiger partial charge < -0.3 is 9.84 Å². The molecule has 0 radical (unpaired) electrons. The van der Waals surface area contributed by atoms with E-state index in [0.717, 1.165) is 0 Å². The first-order chi connectivity index (χ1) is 8.04. The van der Waals surface area contributed by atoms with E-state index in [1.54, 1.807) is 12.1 Å².